The molecule has 0 aliphatic heterocycles. The number of hydrogen-bond donors (Lipinski definition) is 0. The Labute approximate surface area is 225 Å². The van der Waals surface area contributed by atoms with Gasteiger partial charge < -0.3 is 8.98 Å². The first-order chi connectivity index (χ1) is 19.3. The molecule has 2 aromatic heterocycles. The molecule has 0 unspecified atom stereocenters. The molecule has 6 aromatic carbocycles. The van der Waals surface area contributed by atoms with Gasteiger partial charge in [0, 0.05) is 16.2 Å². The molecule has 1 aliphatic rings. The van der Waals surface area contributed by atoms with Crippen molar-refractivity contribution in [3.05, 3.63) is 139 Å². The highest BCUT2D eigenvalue weighted by molar-refractivity contribution is 6.14. The van der Waals surface area contributed by atoms with Gasteiger partial charge in [0.2, 0.25) is 0 Å². The molecule has 39 heavy (non-hydrogen) atoms. The average molecular weight is 498 g/mol. The lowest BCUT2D eigenvalue weighted by molar-refractivity contribution is 0.669. The summed E-state index contributed by atoms with van der Waals surface area (Å²) in [6, 6.07) is 45.9. The molecule has 2 heterocycles. The first kappa shape index (κ1) is 20.9. The molecule has 0 fully saturated rings. The van der Waals surface area contributed by atoms with Gasteiger partial charge in [-0.25, -0.2) is 0 Å². The highest BCUT2D eigenvalue weighted by atomic mass is 16.3. The Morgan fingerprint density at radius 3 is 2.05 bits per heavy atom. The second-order valence-corrected chi connectivity index (χ2v) is 10.5. The summed E-state index contributed by atoms with van der Waals surface area (Å²) in [4.78, 5) is 0. The molecule has 0 saturated carbocycles. The third-order valence-corrected chi connectivity index (χ3v) is 8.46. The molecule has 0 spiro atoms. The van der Waals surface area contributed by atoms with E-state index in [0.29, 0.717) is 0 Å². The van der Waals surface area contributed by atoms with Crippen LogP contribution in [0.2, 0.25) is 0 Å². The summed E-state index contributed by atoms with van der Waals surface area (Å²) in [6.07, 6.45) is 0.970. The average Bonchev–Trinajstić information content (AvgIpc) is 3.66. The molecule has 0 saturated heterocycles. The number of hydrogen-bond acceptors (Lipinski definition) is 1. The molecule has 1 aliphatic carbocycles. The van der Waals surface area contributed by atoms with Gasteiger partial charge in [0.15, 0.2) is 0 Å². The summed E-state index contributed by atoms with van der Waals surface area (Å²) >= 11 is 0. The summed E-state index contributed by atoms with van der Waals surface area (Å²) in [7, 11) is 0. The second-order valence-electron chi connectivity index (χ2n) is 10.5. The summed E-state index contributed by atoms with van der Waals surface area (Å²) in [6.45, 7) is 0. The monoisotopic (exact) mass is 497 g/mol. The number of benzene rings is 6. The standard InChI is InChI=1S/C37H23NO/c1-2-10-25-23(9-1)21-31-26(13-7-14-27(25)31)24-19-20-30-36(22-24)39-35-18-8-17-34(37(30)35)38-32-15-5-3-11-28(32)29-12-4-6-16-33(29)38/h1-20,22H,21H2. The van der Waals surface area contributed by atoms with E-state index in [1.165, 1.54) is 55.2 Å². The number of rotatable bonds is 2. The fourth-order valence-electron chi connectivity index (χ4n) is 6.77. The molecule has 0 amide bonds. The van der Waals surface area contributed by atoms with Gasteiger partial charge >= 0.3 is 0 Å². The lowest BCUT2D eigenvalue weighted by atomic mass is 9.95. The molecule has 0 bridgehead atoms. The van der Waals surface area contributed by atoms with Crippen LogP contribution in [0.25, 0.3) is 71.7 Å². The van der Waals surface area contributed by atoms with Crippen molar-refractivity contribution in [3.8, 4) is 27.9 Å². The number of para-hydroxylation sites is 2. The van der Waals surface area contributed by atoms with Gasteiger partial charge in [0.1, 0.15) is 11.2 Å². The fraction of sp³-hybridized carbons (Fsp3) is 0.0270. The van der Waals surface area contributed by atoms with E-state index in [0.717, 1.165) is 34.0 Å². The van der Waals surface area contributed by atoms with Gasteiger partial charge in [-0.15, -0.1) is 0 Å². The zero-order chi connectivity index (χ0) is 25.5. The van der Waals surface area contributed by atoms with Crippen molar-refractivity contribution in [1.82, 2.24) is 4.57 Å². The number of aromatic nitrogens is 1. The van der Waals surface area contributed by atoms with E-state index in [1.54, 1.807) is 0 Å². The smallest absolute Gasteiger partial charge is 0.137 e. The maximum absolute atomic E-state index is 6.55. The van der Waals surface area contributed by atoms with Crippen LogP contribution in [0.4, 0.5) is 0 Å². The highest BCUT2D eigenvalue weighted by Gasteiger charge is 2.22. The van der Waals surface area contributed by atoms with Crippen molar-refractivity contribution in [2.24, 2.45) is 0 Å². The Balaban J connectivity index is 1.28. The number of nitrogens with zero attached hydrogens (tertiary/aromatic N) is 1. The Kier molecular flexibility index (Phi) is 4.14. The molecule has 182 valence electrons. The predicted octanol–water partition coefficient (Wildman–Crippen LogP) is 9.92. The summed E-state index contributed by atoms with van der Waals surface area (Å²) in [5.41, 5.74) is 13.4. The van der Waals surface area contributed by atoms with Gasteiger partial charge in [0.05, 0.1) is 22.1 Å². The molecule has 0 N–H and O–H groups in total. The molecule has 9 rings (SSSR count). The van der Waals surface area contributed by atoms with Crippen molar-refractivity contribution in [1.29, 1.82) is 0 Å². The number of fused-ring (bicyclic) bond motifs is 9. The van der Waals surface area contributed by atoms with E-state index in [9.17, 15) is 0 Å². The highest BCUT2D eigenvalue weighted by Crippen LogP contribution is 2.43. The van der Waals surface area contributed by atoms with E-state index in [2.05, 4.69) is 132 Å². The Bertz CT molecular complexity index is 2210. The molecule has 2 heteroatoms. The van der Waals surface area contributed by atoms with Crippen LogP contribution in [0, 0.1) is 0 Å². The maximum Gasteiger partial charge on any atom is 0.137 e. The molecule has 0 radical (unpaired) electrons. The third kappa shape index (κ3) is 2.86. The van der Waals surface area contributed by atoms with E-state index in [-0.39, 0.29) is 0 Å². The van der Waals surface area contributed by atoms with Gasteiger partial charge in [-0.05, 0) is 76.2 Å². The lowest BCUT2D eigenvalue weighted by Crippen LogP contribution is -1.94. The van der Waals surface area contributed by atoms with Crippen molar-refractivity contribution in [3.63, 3.8) is 0 Å². The maximum atomic E-state index is 6.55. The summed E-state index contributed by atoms with van der Waals surface area (Å²) < 4.78 is 8.93. The van der Waals surface area contributed by atoms with Crippen LogP contribution in [-0.2, 0) is 6.42 Å². The zero-order valence-electron chi connectivity index (χ0n) is 21.2. The quantitative estimate of drug-likeness (QED) is 0.232. The van der Waals surface area contributed by atoms with Crippen LogP contribution in [0.1, 0.15) is 11.1 Å². The van der Waals surface area contributed by atoms with Crippen molar-refractivity contribution >= 4 is 43.7 Å². The van der Waals surface area contributed by atoms with Crippen molar-refractivity contribution < 1.29 is 4.42 Å². The van der Waals surface area contributed by atoms with E-state index < -0.39 is 0 Å². The van der Waals surface area contributed by atoms with Gasteiger partial charge in [-0.2, -0.15) is 0 Å². The summed E-state index contributed by atoms with van der Waals surface area (Å²) in [5.74, 6) is 0. The molecular weight excluding hydrogens is 474 g/mol. The van der Waals surface area contributed by atoms with Gasteiger partial charge in [-0.3, -0.25) is 0 Å². The molecule has 8 aromatic rings. The second kappa shape index (κ2) is 7.72. The SMILES string of the molecule is c1ccc2c(c1)Cc1c(-c3ccc4c(c3)oc3cccc(-n5c6ccccc6c6ccccc65)c34)cccc1-2. The van der Waals surface area contributed by atoms with Crippen LogP contribution in [0.5, 0.6) is 0 Å². The summed E-state index contributed by atoms with van der Waals surface area (Å²) in [5, 5.41) is 4.82. The fourth-order valence-corrected chi connectivity index (χ4v) is 6.77. The Morgan fingerprint density at radius 2 is 1.21 bits per heavy atom. The van der Waals surface area contributed by atoms with Crippen LogP contribution in [0.15, 0.2) is 132 Å². The van der Waals surface area contributed by atoms with Gasteiger partial charge in [0.25, 0.3) is 0 Å². The van der Waals surface area contributed by atoms with Crippen LogP contribution >= 0.6 is 0 Å². The molecule has 2 nitrogen and oxygen atoms in total. The normalized spacial score (nSPS) is 12.5. The minimum absolute atomic E-state index is 0.909. The van der Waals surface area contributed by atoms with Crippen LogP contribution in [-0.4, -0.2) is 4.57 Å². The molecule has 0 atom stereocenters. The van der Waals surface area contributed by atoms with Crippen LogP contribution < -0.4 is 0 Å². The third-order valence-electron chi connectivity index (χ3n) is 8.46. The Morgan fingerprint density at radius 1 is 0.513 bits per heavy atom. The molecular formula is C37H23NO. The van der Waals surface area contributed by atoms with Crippen LogP contribution in [0.3, 0.4) is 0 Å². The van der Waals surface area contributed by atoms with Crippen molar-refractivity contribution in [2.75, 3.05) is 0 Å². The first-order valence-corrected chi connectivity index (χ1v) is 13.5. The Hall–Kier alpha value is -5.08. The lowest BCUT2D eigenvalue weighted by Gasteiger charge is -2.10. The van der Waals surface area contributed by atoms with Gasteiger partial charge in [-0.1, -0.05) is 91.0 Å². The van der Waals surface area contributed by atoms with E-state index in [4.69, 9.17) is 4.42 Å². The van der Waals surface area contributed by atoms with Crippen molar-refractivity contribution in [2.45, 2.75) is 6.42 Å². The minimum Gasteiger partial charge on any atom is -0.456 e. The zero-order valence-corrected chi connectivity index (χ0v) is 21.2. The largest absolute Gasteiger partial charge is 0.456 e. The number of furan rings is 1. The first-order valence-electron chi connectivity index (χ1n) is 13.5. The van der Waals surface area contributed by atoms with E-state index >= 15 is 0 Å². The minimum atomic E-state index is 0.909. The topological polar surface area (TPSA) is 18.1 Å². The predicted molar refractivity (Wildman–Crippen MR) is 162 cm³/mol. The van der Waals surface area contributed by atoms with E-state index in [1.807, 2.05) is 0 Å².